The van der Waals surface area contributed by atoms with Gasteiger partial charge in [0, 0.05) is 19.0 Å². The fraction of sp³-hybridized carbons (Fsp3) is 0.286. The topological polar surface area (TPSA) is 88.8 Å². The first kappa shape index (κ1) is 15.5. The van der Waals surface area contributed by atoms with Gasteiger partial charge in [0.1, 0.15) is 5.58 Å². The Balaban J connectivity index is 2.05. The first-order chi connectivity index (χ1) is 10.0. The maximum Gasteiger partial charge on any atom is 0.306 e. The van der Waals surface area contributed by atoms with E-state index in [4.69, 9.17) is 14.3 Å². The average Bonchev–Trinajstić information content (AvgIpc) is 2.88. The molecule has 6 nitrogen and oxygen atoms in total. The Morgan fingerprint density at radius 1 is 1.48 bits per heavy atom. The third kappa shape index (κ3) is 3.83. The van der Waals surface area contributed by atoms with E-state index in [2.05, 4.69) is 21.2 Å². The molecule has 1 aromatic heterocycles. The van der Waals surface area contributed by atoms with Crippen LogP contribution in [0, 0.1) is 0 Å². The summed E-state index contributed by atoms with van der Waals surface area (Å²) >= 11 is 3.35. The minimum Gasteiger partial charge on any atom is -0.481 e. The molecule has 1 aromatic carbocycles. The van der Waals surface area contributed by atoms with E-state index in [9.17, 15) is 9.59 Å². The van der Waals surface area contributed by atoms with E-state index in [0.29, 0.717) is 5.58 Å². The highest BCUT2D eigenvalue weighted by Crippen LogP contribution is 2.26. The van der Waals surface area contributed by atoms with Gasteiger partial charge in [0.2, 0.25) is 0 Å². The Hall–Kier alpha value is -1.86. The number of aliphatic carboxylic acids is 1. The van der Waals surface area contributed by atoms with Crippen LogP contribution < -0.4 is 5.32 Å². The summed E-state index contributed by atoms with van der Waals surface area (Å²) in [7, 11) is 1.40. The number of hydrogen-bond donors (Lipinski definition) is 2. The highest BCUT2D eigenvalue weighted by Gasteiger charge is 2.17. The van der Waals surface area contributed by atoms with Gasteiger partial charge in [0.15, 0.2) is 5.76 Å². The summed E-state index contributed by atoms with van der Waals surface area (Å²) < 4.78 is 11.2. The zero-order valence-electron chi connectivity index (χ0n) is 11.3. The van der Waals surface area contributed by atoms with Crippen molar-refractivity contribution in [2.75, 3.05) is 13.7 Å². The summed E-state index contributed by atoms with van der Waals surface area (Å²) in [5.74, 6) is -1.23. The van der Waals surface area contributed by atoms with Crippen molar-refractivity contribution in [1.82, 2.24) is 5.32 Å². The van der Waals surface area contributed by atoms with Crippen molar-refractivity contribution in [3.05, 3.63) is 34.5 Å². The van der Waals surface area contributed by atoms with Gasteiger partial charge >= 0.3 is 5.97 Å². The van der Waals surface area contributed by atoms with Crippen LogP contribution in [-0.2, 0) is 9.53 Å². The maximum absolute atomic E-state index is 12.0. The quantitative estimate of drug-likeness (QED) is 0.830. The first-order valence-electron chi connectivity index (χ1n) is 6.22. The summed E-state index contributed by atoms with van der Waals surface area (Å²) in [6.45, 7) is 0.0971. The molecule has 21 heavy (non-hydrogen) atoms. The normalized spacial score (nSPS) is 12.3. The van der Waals surface area contributed by atoms with Crippen molar-refractivity contribution in [3.8, 4) is 0 Å². The second kappa shape index (κ2) is 6.73. The molecule has 2 N–H and O–H groups in total. The molecule has 0 bridgehead atoms. The van der Waals surface area contributed by atoms with Crippen molar-refractivity contribution in [3.63, 3.8) is 0 Å². The molecule has 2 rings (SSSR count). The van der Waals surface area contributed by atoms with E-state index in [-0.39, 0.29) is 18.7 Å². The zero-order valence-corrected chi connectivity index (χ0v) is 12.8. The summed E-state index contributed by atoms with van der Waals surface area (Å²) in [4.78, 5) is 22.6. The van der Waals surface area contributed by atoms with E-state index >= 15 is 0 Å². The highest BCUT2D eigenvalue weighted by atomic mass is 79.9. The number of para-hydroxylation sites is 1. The number of ether oxygens (including phenoxy) is 1. The number of rotatable bonds is 6. The summed E-state index contributed by atoms with van der Waals surface area (Å²) in [6, 6.07) is 7.13. The molecule has 0 aliphatic carbocycles. The van der Waals surface area contributed by atoms with Crippen LogP contribution in [0.15, 0.2) is 33.2 Å². The Morgan fingerprint density at radius 3 is 2.86 bits per heavy atom. The van der Waals surface area contributed by atoms with Crippen LogP contribution in [-0.4, -0.2) is 36.7 Å². The van der Waals surface area contributed by atoms with Gasteiger partial charge in [-0.25, -0.2) is 0 Å². The highest BCUT2D eigenvalue weighted by molar-refractivity contribution is 9.10. The summed E-state index contributed by atoms with van der Waals surface area (Å²) in [5.41, 5.74) is 0.594. The van der Waals surface area contributed by atoms with Crippen molar-refractivity contribution in [1.29, 1.82) is 0 Å². The van der Waals surface area contributed by atoms with Crippen LogP contribution in [0.5, 0.6) is 0 Å². The summed E-state index contributed by atoms with van der Waals surface area (Å²) in [6.07, 6.45) is -0.759. The minimum atomic E-state index is -0.983. The number of amides is 1. The van der Waals surface area contributed by atoms with E-state index in [1.165, 1.54) is 7.11 Å². The predicted molar refractivity (Wildman–Crippen MR) is 79.3 cm³/mol. The number of carboxylic acid groups (broad SMARTS) is 1. The summed E-state index contributed by atoms with van der Waals surface area (Å²) in [5, 5.41) is 12.1. The van der Waals surface area contributed by atoms with E-state index < -0.39 is 18.0 Å². The molecule has 1 unspecified atom stereocenters. The van der Waals surface area contributed by atoms with E-state index in [1.807, 2.05) is 18.2 Å². The zero-order chi connectivity index (χ0) is 15.4. The number of fused-ring (bicyclic) bond motifs is 1. The van der Waals surface area contributed by atoms with Crippen LogP contribution in [0.2, 0.25) is 0 Å². The first-order valence-corrected chi connectivity index (χ1v) is 7.01. The molecule has 7 heteroatoms. The largest absolute Gasteiger partial charge is 0.481 e. The number of furan rings is 1. The second-order valence-electron chi connectivity index (χ2n) is 4.43. The molecule has 0 aliphatic heterocycles. The fourth-order valence-corrected chi connectivity index (χ4v) is 2.33. The lowest BCUT2D eigenvalue weighted by Gasteiger charge is -2.13. The number of halogens is 1. The fourth-order valence-electron chi connectivity index (χ4n) is 1.87. The Labute approximate surface area is 129 Å². The van der Waals surface area contributed by atoms with Gasteiger partial charge in [0.05, 0.1) is 17.0 Å². The molecule has 112 valence electrons. The Morgan fingerprint density at radius 2 is 2.24 bits per heavy atom. The van der Waals surface area contributed by atoms with E-state index in [0.717, 1.165) is 9.86 Å². The number of carbonyl (C=O) groups is 2. The smallest absolute Gasteiger partial charge is 0.306 e. The van der Waals surface area contributed by atoms with Gasteiger partial charge in [-0.15, -0.1) is 0 Å². The SMILES string of the molecule is COC(CNC(=O)c1cc2cccc(Br)c2o1)CC(=O)O. The number of methoxy groups -OCH3 is 1. The van der Waals surface area contributed by atoms with Crippen LogP contribution in [0.3, 0.4) is 0 Å². The molecule has 0 saturated heterocycles. The van der Waals surface area contributed by atoms with Gasteiger partial charge in [-0.05, 0) is 28.1 Å². The van der Waals surface area contributed by atoms with Crippen LogP contribution in [0.1, 0.15) is 17.0 Å². The maximum atomic E-state index is 12.0. The average molecular weight is 356 g/mol. The molecular formula is C14H14BrNO5. The van der Waals surface area contributed by atoms with Crippen molar-refractivity contribution in [2.24, 2.45) is 0 Å². The van der Waals surface area contributed by atoms with Crippen LogP contribution >= 0.6 is 15.9 Å². The van der Waals surface area contributed by atoms with Crippen molar-refractivity contribution < 1.29 is 23.8 Å². The third-order valence-corrected chi connectivity index (χ3v) is 3.57. The second-order valence-corrected chi connectivity index (χ2v) is 5.29. The van der Waals surface area contributed by atoms with E-state index in [1.54, 1.807) is 6.07 Å². The molecular weight excluding hydrogens is 342 g/mol. The van der Waals surface area contributed by atoms with Gasteiger partial charge < -0.3 is 19.6 Å². The molecule has 1 amide bonds. The molecule has 1 atom stereocenters. The number of carboxylic acids is 1. The lowest BCUT2D eigenvalue weighted by molar-refractivity contribution is -0.139. The van der Waals surface area contributed by atoms with Gasteiger partial charge in [-0.2, -0.15) is 0 Å². The Bertz CT molecular complexity index is 666. The molecule has 2 aromatic rings. The molecule has 0 aliphatic rings. The number of nitrogens with one attached hydrogen (secondary N) is 1. The predicted octanol–water partition coefficient (Wildman–Crippen LogP) is 2.41. The number of benzene rings is 1. The molecule has 0 saturated carbocycles. The number of hydrogen-bond acceptors (Lipinski definition) is 4. The molecule has 1 heterocycles. The van der Waals surface area contributed by atoms with Crippen molar-refractivity contribution >= 4 is 38.8 Å². The third-order valence-electron chi connectivity index (χ3n) is 2.95. The van der Waals surface area contributed by atoms with Gasteiger partial charge in [-0.3, -0.25) is 9.59 Å². The van der Waals surface area contributed by atoms with Crippen molar-refractivity contribution in [2.45, 2.75) is 12.5 Å². The Kier molecular flexibility index (Phi) is 4.98. The lowest BCUT2D eigenvalue weighted by Crippen LogP contribution is -2.34. The number of carbonyl (C=O) groups excluding carboxylic acids is 1. The van der Waals surface area contributed by atoms with Gasteiger partial charge in [-0.1, -0.05) is 12.1 Å². The van der Waals surface area contributed by atoms with Crippen LogP contribution in [0.4, 0.5) is 0 Å². The monoisotopic (exact) mass is 355 g/mol. The minimum absolute atomic E-state index is 0.0971. The molecule has 0 radical (unpaired) electrons. The molecule has 0 fully saturated rings. The standard InChI is InChI=1S/C14H14BrNO5/c1-20-9(6-12(17)18)7-16-14(19)11-5-8-3-2-4-10(15)13(8)21-11/h2-5,9H,6-7H2,1H3,(H,16,19)(H,17,18). The van der Waals surface area contributed by atoms with Crippen LogP contribution in [0.25, 0.3) is 11.0 Å². The molecule has 0 spiro atoms. The lowest BCUT2D eigenvalue weighted by atomic mass is 10.2. The van der Waals surface area contributed by atoms with Gasteiger partial charge in [0.25, 0.3) is 5.91 Å².